The lowest BCUT2D eigenvalue weighted by atomic mass is 10.0. The maximum atomic E-state index is 6.10. The lowest BCUT2D eigenvalue weighted by Crippen LogP contribution is -2.21. The molecule has 0 fully saturated rings. The van der Waals surface area contributed by atoms with Gasteiger partial charge in [-0.25, -0.2) is 0 Å². The summed E-state index contributed by atoms with van der Waals surface area (Å²) < 4.78 is 6.04. The van der Waals surface area contributed by atoms with Crippen molar-refractivity contribution in [3.63, 3.8) is 0 Å². The molecule has 0 amide bonds. The van der Waals surface area contributed by atoms with Gasteiger partial charge in [-0.15, -0.1) is 11.8 Å². The molecule has 1 unspecified atom stereocenters. The molecule has 0 radical (unpaired) electrons. The third-order valence-electron chi connectivity index (χ3n) is 3.51. The van der Waals surface area contributed by atoms with Crippen LogP contribution in [0.3, 0.4) is 0 Å². The van der Waals surface area contributed by atoms with Crippen molar-refractivity contribution in [2.45, 2.75) is 37.6 Å². The Labute approximate surface area is 131 Å². The highest BCUT2D eigenvalue weighted by Crippen LogP contribution is 2.28. The van der Waals surface area contributed by atoms with E-state index in [-0.39, 0.29) is 6.04 Å². The van der Waals surface area contributed by atoms with Gasteiger partial charge in [0.25, 0.3) is 0 Å². The number of nitrogens with two attached hydrogens (primary N) is 1. The Morgan fingerprint density at radius 2 is 1.86 bits per heavy atom. The molecule has 1 atom stereocenters. The smallest absolute Gasteiger partial charge is 0.130 e. The molecule has 0 saturated heterocycles. The summed E-state index contributed by atoms with van der Waals surface area (Å²) in [5.74, 6) is 1.77. The van der Waals surface area contributed by atoms with E-state index >= 15 is 0 Å². The summed E-state index contributed by atoms with van der Waals surface area (Å²) in [6, 6.07) is 14.6. The molecule has 0 spiro atoms. The molecule has 0 saturated carbocycles. The molecule has 112 valence electrons. The molecule has 0 aliphatic rings. The molecule has 0 heterocycles. The Bertz CT molecular complexity index is 580. The molecule has 0 aromatic heterocycles. The highest BCUT2D eigenvalue weighted by Gasteiger charge is 2.09. The van der Waals surface area contributed by atoms with Gasteiger partial charge in [0.05, 0.1) is 0 Å². The zero-order chi connectivity index (χ0) is 15.2. The van der Waals surface area contributed by atoms with E-state index in [0.29, 0.717) is 0 Å². The first kappa shape index (κ1) is 15.9. The minimum absolute atomic E-state index is 0.174. The summed E-state index contributed by atoms with van der Waals surface area (Å²) in [6.07, 6.45) is 3.88. The van der Waals surface area contributed by atoms with Crippen LogP contribution < -0.4 is 10.5 Å². The fourth-order valence-electron chi connectivity index (χ4n) is 2.16. The molecule has 21 heavy (non-hydrogen) atoms. The van der Waals surface area contributed by atoms with Gasteiger partial charge in [0.15, 0.2) is 0 Å². The number of ether oxygens (including phenoxy) is 1. The van der Waals surface area contributed by atoms with Gasteiger partial charge in [-0.1, -0.05) is 24.6 Å². The van der Waals surface area contributed by atoms with E-state index in [1.165, 1.54) is 16.0 Å². The van der Waals surface area contributed by atoms with Crippen LogP contribution in [-0.4, -0.2) is 12.3 Å². The average Bonchev–Trinajstić information content (AvgIpc) is 2.50. The number of thioether (sulfide) groups is 1. The van der Waals surface area contributed by atoms with Crippen LogP contribution in [0, 0.1) is 6.92 Å². The number of rotatable bonds is 6. The molecule has 2 rings (SSSR count). The van der Waals surface area contributed by atoms with Crippen LogP contribution >= 0.6 is 11.8 Å². The minimum atomic E-state index is 0.174. The minimum Gasteiger partial charge on any atom is -0.457 e. The normalized spacial score (nSPS) is 12.2. The second kappa shape index (κ2) is 7.53. The molecule has 2 aromatic carbocycles. The molecule has 2 N–H and O–H groups in total. The van der Waals surface area contributed by atoms with Gasteiger partial charge in [0.2, 0.25) is 0 Å². The summed E-state index contributed by atoms with van der Waals surface area (Å²) in [5.41, 5.74) is 8.51. The topological polar surface area (TPSA) is 35.2 Å². The van der Waals surface area contributed by atoms with E-state index in [1.807, 2.05) is 18.2 Å². The highest BCUT2D eigenvalue weighted by atomic mass is 32.2. The molecule has 0 aliphatic heterocycles. The van der Waals surface area contributed by atoms with Gasteiger partial charge in [-0.3, -0.25) is 0 Å². The Kier molecular flexibility index (Phi) is 5.71. The Morgan fingerprint density at radius 1 is 1.14 bits per heavy atom. The molecule has 0 aliphatic carbocycles. The van der Waals surface area contributed by atoms with Gasteiger partial charge >= 0.3 is 0 Å². The van der Waals surface area contributed by atoms with Crippen LogP contribution in [0.25, 0.3) is 0 Å². The predicted octanol–water partition coefficient (Wildman–Crippen LogP) is 4.79. The third kappa shape index (κ3) is 4.51. The summed E-state index contributed by atoms with van der Waals surface area (Å²) in [6.45, 7) is 4.21. The molecule has 0 bridgehead atoms. The van der Waals surface area contributed by atoms with Crippen LogP contribution in [0.1, 0.15) is 24.5 Å². The van der Waals surface area contributed by atoms with Crippen molar-refractivity contribution in [1.29, 1.82) is 0 Å². The standard InChI is InChI=1S/C18H23NOS/c1-4-15(19)12-14-11-13(2)5-10-18(14)20-16-6-8-17(21-3)9-7-16/h5-11,15H,4,12,19H2,1-3H3. The Morgan fingerprint density at radius 3 is 2.48 bits per heavy atom. The lowest BCUT2D eigenvalue weighted by Gasteiger charge is -2.15. The number of aryl methyl sites for hydroxylation is 1. The zero-order valence-electron chi connectivity index (χ0n) is 12.9. The van der Waals surface area contributed by atoms with E-state index < -0.39 is 0 Å². The van der Waals surface area contributed by atoms with Crippen LogP contribution in [-0.2, 0) is 6.42 Å². The van der Waals surface area contributed by atoms with Gasteiger partial charge in [0, 0.05) is 10.9 Å². The van der Waals surface area contributed by atoms with E-state index in [4.69, 9.17) is 10.5 Å². The van der Waals surface area contributed by atoms with E-state index in [1.54, 1.807) is 11.8 Å². The summed E-state index contributed by atoms with van der Waals surface area (Å²) >= 11 is 1.73. The van der Waals surface area contributed by atoms with Crippen LogP contribution in [0.2, 0.25) is 0 Å². The predicted molar refractivity (Wildman–Crippen MR) is 91.4 cm³/mol. The summed E-state index contributed by atoms with van der Waals surface area (Å²) in [4.78, 5) is 1.24. The maximum absolute atomic E-state index is 6.10. The summed E-state index contributed by atoms with van der Waals surface area (Å²) in [7, 11) is 0. The fraction of sp³-hybridized carbons (Fsp3) is 0.333. The average molecular weight is 301 g/mol. The SMILES string of the molecule is CCC(N)Cc1cc(C)ccc1Oc1ccc(SC)cc1. The quantitative estimate of drug-likeness (QED) is 0.779. The van der Waals surface area contributed by atoms with Crippen molar-refractivity contribution in [3.05, 3.63) is 53.6 Å². The van der Waals surface area contributed by atoms with Crippen LogP contribution in [0.5, 0.6) is 11.5 Å². The third-order valence-corrected chi connectivity index (χ3v) is 4.25. The second-order valence-electron chi connectivity index (χ2n) is 5.26. The first-order valence-electron chi connectivity index (χ1n) is 7.29. The van der Waals surface area contributed by atoms with Crippen LogP contribution in [0.15, 0.2) is 47.4 Å². The Balaban J connectivity index is 2.21. The van der Waals surface area contributed by atoms with Gasteiger partial charge in [-0.2, -0.15) is 0 Å². The largest absolute Gasteiger partial charge is 0.457 e. The molecular weight excluding hydrogens is 278 g/mol. The van der Waals surface area contributed by atoms with E-state index in [9.17, 15) is 0 Å². The first-order valence-corrected chi connectivity index (χ1v) is 8.52. The zero-order valence-corrected chi connectivity index (χ0v) is 13.7. The van der Waals surface area contributed by atoms with E-state index in [0.717, 1.165) is 24.3 Å². The van der Waals surface area contributed by atoms with Gasteiger partial charge < -0.3 is 10.5 Å². The molecular formula is C18H23NOS. The molecule has 2 aromatic rings. The monoisotopic (exact) mass is 301 g/mol. The fourth-order valence-corrected chi connectivity index (χ4v) is 2.57. The number of hydrogen-bond donors (Lipinski definition) is 1. The van der Waals surface area contributed by atoms with Crippen molar-refractivity contribution in [1.82, 2.24) is 0 Å². The van der Waals surface area contributed by atoms with Crippen molar-refractivity contribution in [2.24, 2.45) is 5.73 Å². The van der Waals surface area contributed by atoms with Crippen LogP contribution in [0.4, 0.5) is 0 Å². The number of benzene rings is 2. The molecule has 3 heteroatoms. The molecule has 2 nitrogen and oxygen atoms in total. The highest BCUT2D eigenvalue weighted by molar-refractivity contribution is 7.98. The Hall–Kier alpha value is -1.45. The lowest BCUT2D eigenvalue weighted by molar-refractivity contribution is 0.471. The van der Waals surface area contributed by atoms with Crippen molar-refractivity contribution in [2.75, 3.05) is 6.26 Å². The summed E-state index contributed by atoms with van der Waals surface area (Å²) in [5, 5.41) is 0. The van der Waals surface area contributed by atoms with E-state index in [2.05, 4.69) is 44.4 Å². The maximum Gasteiger partial charge on any atom is 0.130 e. The number of hydrogen-bond acceptors (Lipinski definition) is 3. The first-order chi connectivity index (χ1) is 10.1. The van der Waals surface area contributed by atoms with Gasteiger partial charge in [0.1, 0.15) is 11.5 Å². The van der Waals surface area contributed by atoms with Gasteiger partial charge in [-0.05, 0) is 61.9 Å². The van der Waals surface area contributed by atoms with Crippen molar-refractivity contribution in [3.8, 4) is 11.5 Å². The van der Waals surface area contributed by atoms with Crippen molar-refractivity contribution < 1.29 is 4.74 Å². The van der Waals surface area contributed by atoms with Crippen molar-refractivity contribution >= 4 is 11.8 Å². The second-order valence-corrected chi connectivity index (χ2v) is 6.14.